The van der Waals surface area contributed by atoms with Gasteiger partial charge in [0.1, 0.15) is 5.75 Å². The van der Waals surface area contributed by atoms with Gasteiger partial charge in [0, 0.05) is 12.0 Å². The Morgan fingerprint density at radius 1 is 1.10 bits per heavy atom. The minimum Gasteiger partial charge on any atom is -0.466 e. The Kier molecular flexibility index (Phi) is 2.39. The Hall–Kier alpha value is -2.10. The van der Waals surface area contributed by atoms with E-state index in [1.54, 1.807) is 6.07 Å². The van der Waals surface area contributed by atoms with Crippen LogP contribution in [0.5, 0.6) is 5.75 Å². The molecule has 0 aromatic heterocycles. The predicted octanol–water partition coefficient (Wildman–Crippen LogP) is 4.00. The van der Waals surface area contributed by atoms with Crippen LogP contribution in [0.3, 0.4) is 0 Å². The molecule has 0 N–H and O–H groups in total. The minimum atomic E-state index is -0.794. The molecule has 2 aliphatic rings. The summed E-state index contributed by atoms with van der Waals surface area (Å²) in [6.07, 6.45) is 0.589. The summed E-state index contributed by atoms with van der Waals surface area (Å²) in [5, 5.41) is 0. The van der Waals surface area contributed by atoms with Crippen LogP contribution in [0.2, 0.25) is 0 Å². The highest BCUT2D eigenvalue weighted by Crippen LogP contribution is 2.47. The number of halogens is 2. The molecule has 0 radical (unpaired) electrons. The van der Waals surface area contributed by atoms with Crippen molar-refractivity contribution in [1.29, 1.82) is 0 Å². The maximum atomic E-state index is 14.2. The van der Waals surface area contributed by atoms with Gasteiger partial charge < -0.3 is 9.64 Å². The fourth-order valence-corrected chi connectivity index (χ4v) is 3.29. The summed E-state index contributed by atoms with van der Waals surface area (Å²) in [7, 11) is 0. The van der Waals surface area contributed by atoms with Crippen LogP contribution in [0.4, 0.5) is 14.5 Å². The van der Waals surface area contributed by atoms with Crippen molar-refractivity contribution in [2.45, 2.75) is 32.5 Å². The zero-order chi connectivity index (χ0) is 14.8. The highest BCUT2D eigenvalue weighted by Gasteiger charge is 2.41. The fourth-order valence-electron chi connectivity index (χ4n) is 3.29. The van der Waals surface area contributed by atoms with Gasteiger partial charge in [-0.1, -0.05) is 18.2 Å². The average Bonchev–Trinajstić information content (AvgIpc) is 2.58. The molecule has 0 spiro atoms. The monoisotopic (exact) mass is 287 g/mol. The molecule has 21 heavy (non-hydrogen) atoms. The third-order valence-electron chi connectivity index (χ3n) is 4.35. The topological polar surface area (TPSA) is 12.5 Å². The molecule has 4 rings (SSSR count). The quantitative estimate of drug-likeness (QED) is 0.726. The van der Waals surface area contributed by atoms with Gasteiger partial charge in [-0.3, -0.25) is 0 Å². The van der Waals surface area contributed by atoms with Crippen LogP contribution in [-0.4, -0.2) is 5.72 Å². The molecular formula is C17H15F2NO. The summed E-state index contributed by atoms with van der Waals surface area (Å²) in [4.78, 5) is 2.02. The van der Waals surface area contributed by atoms with Gasteiger partial charge in [0.05, 0.1) is 12.2 Å². The molecule has 108 valence electrons. The molecule has 0 aliphatic carbocycles. The van der Waals surface area contributed by atoms with Crippen molar-refractivity contribution in [2.75, 3.05) is 4.90 Å². The zero-order valence-corrected chi connectivity index (χ0v) is 11.9. The van der Waals surface area contributed by atoms with Crippen molar-refractivity contribution >= 4 is 5.69 Å². The first kappa shape index (κ1) is 12.6. The van der Waals surface area contributed by atoms with Crippen LogP contribution in [-0.2, 0) is 13.0 Å². The van der Waals surface area contributed by atoms with E-state index >= 15 is 0 Å². The van der Waals surface area contributed by atoms with Gasteiger partial charge in [-0.25, -0.2) is 8.78 Å². The van der Waals surface area contributed by atoms with E-state index in [2.05, 4.69) is 0 Å². The first-order chi connectivity index (χ1) is 9.97. The Morgan fingerprint density at radius 3 is 2.71 bits per heavy atom. The summed E-state index contributed by atoms with van der Waals surface area (Å²) in [5.41, 5.74) is 2.78. The lowest BCUT2D eigenvalue weighted by Gasteiger charge is -2.32. The molecule has 2 aliphatic heterocycles. The second kappa shape index (κ2) is 3.97. The van der Waals surface area contributed by atoms with Crippen LogP contribution in [0.25, 0.3) is 0 Å². The maximum Gasteiger partial charge on any atom is 0.177 e. The SMILES string of the molecule is CC1(C)Oc2cccc3c2N1Cc1c(ccc(F)c1F)C3. The number of para-hydroxylation sites is 1. The second-order valence-electron chi connectivity index (χ2n) is 6.07. The van der Waals surface area contributed by atoms with E-state index < -0.39 is 17.4 Å². The second-order valence-corrected chi connectivity index (χ2v) is 6.07. The van der Waals surface area contributed by atoms with Crippen molar-refractivity contribution < 1.29 is 13.5 Å². The molecule has 0 bridgehead atoms. The highest BCUT2D eigenvalue weighted by molar-refractivity contribution is 5.70. The zero-order valence-electron chi connectivity index (χ0n) is 11.9. The van der Waals surface area contributed by atoms with Crippen molar-refractivity contribution in [2.24, 2.45) is 0 Å². The first-order valence-electron chi connectivity index (χ1n) is 7.02. The summed E-state index contributed by atoms with van der Waals surface area (Å²) in [5.74, 6) is -0.728. The van der Waals surface area contributed by atoms with E-state index in [9.17, 15) is 8.78 Å². The smallest absolute Gasteiger partial charge is 0.177 e. The summed E-state index contributed by atoms with van der Waals surface area (Å²) < 4.78 is 33.8. The lowest BCUT2D eigenvalue weighted by Crippen LogP contribution is -2.43. The Balaban J connectivity index is 1.97. The van der Waals surface area contributed by atoms with Gasteiger partial charge in [0.15, 0.2) is 17.4 Å². The van der Waals surface area contributed by atoms with Crippen LogP contribution in [0.1, 0.15) is 30.5 Å². The lowest BCUT2D eigenvalue weighted by molar-refractivity contribution is 0.128. The number of hydrogen-bond acceptors (Lipinski definition) is 2. The van der Waals surface area contributed by atoms with Crippen molar-refractivity contribution in [3.8, 4) is 5.75 Å². The van der Waals surface area contributed by atoms with Crippen molar-refractivity contribution in [3.63, 3.8) is 0 Å². The van der Waals surface area contributed by atoms with Crippen LogP contribution in [0.15, 0.2) is 30.3 Å². The molecule has 2 nitrogen and oxygen atoms in total. The molecule has 2 heterocycles. The number of fused-ring (bicyclic) bond motifs is 1. The normalized spacial score (nSPS) is 17.8. The molecular weight excluding hydrogens is 272 g/mol. The molecule has 0 unspecified atom stereocenters. The van der Waals surface area contributed by atoms with Gasteiger partial charge in [-0.05, 0) is 37.1 Å². The largest absolute Gasteiger partial charge is 0.466 e. The minimum absolute atomic E-state index is 0.315. The van der Waals surface area contributed by atoms with Crippen molar-refractivity contribution in [3.05, 3.63) is 58.7 Å². The molecule has 0 saturated carbocycles. The van der Waals surface area contributed by atoms with E-state index in [-0.39, 0.29) is 0 Å². The standard InChI is InChI=1S/C17H15F2NO/c1-17(2)20-9-12-10(6-7-13(18)15(12)19)8-11-4-3-5-14(21-17)16(11)20/h3-7H,8-9H2,1-2H3. The van der Waals surface area contributed by atoms with E-state index in [0.717, 1.165) is 22.6 Å². The number of nitrogens with zero attached hydrogens (tertiary/aromatic N) is 1. The summed E-state index contributed by atoms with van der Waals surface area (Å²) in [6, 6.07) is 8.78. The molecule has 0 fully saturated rings. The summed E-state index contributed by atoms with van der Waals surface area (Å²) >= 11 is 0. The first-order valence-corrected chi connectivity index (χ1v) is 7.02. The van der Waals surface area contributed by atoms with Crippen LogP contribution >= 0.6 is 0 Å². The number of benzene rings is 2. The van der Waals surface area contributed by atoms with E-state index in [0.29, 0.717) is 18.5 Å². The van der Waals surface area contributed by atoms with Gasteiger partial charge in [0.2, 0.25) is 0 Å². The lowest BCUT2D eigenvalue weighted by atomic mass is 10.00. The number of anilines is 1. The van der Waals surface area contributed by atoms with Gasteiger partial charge in [0.25, 0.3) is 0 Å². The number of ether oxygens (including phenoxy) is 1. The van der Waals surface area contributed by atoms with Gasteiger partial charge >= 0.3 is 0 Å². The molecule has 4 heteroatoms. The number of hydrogen-bond donors (Lipinski definition) is 0. The maximum absolute atomic E-state index is 14.2. The molecule has 0 saturated heterocycles. The third-order valence-corrected chi connectivity index (χ3v) is 4.35. The van der Waals surface area contributed by atoms with Crippen LogP contribution < -0.4 is 9.64 Å². The van der Waals surface area contributed by atoms with E-state index in [1.807, 2.05) is 36.9 Å². The molecule has 0 amide bonds. The average molecular weight is 287 g/mol. The number of rotatable bonds is 0. The Bertz CT molecular complexity index is 755. The van der Waals surface area contributed by atoms with Gasteiger partial charge in [-0.2, -0.15) is 0 Å². The molecule has 0 atom stereocenters. The Labute approximate surface area is 122 Å². The van der Waals surface area contributed by atoms with Gasteiger partial charge in [-0.15, -0.1) is 0 Å². The fraction of sp³-hybridized carbons (Fsp3) is 0.294. The van der Waals surface area contributed by atoms with E-state index in [1.165, 1.54) is 6.07 Å². The summed E-state index contributed by atoms with van der Waals surface area (Å²) in [6.45, 7) is 4.20. The molecule has 2 aromatic rings. The predicted molar refractivity (Wildman–Crippen MR) is 76.5 cm³/mol. The molecule has 2 aromatic carbocycles. The third kappa shape index (κ3) is 1.68. The Morgan fingerprint density at radius 2 is 1.90 bits per heavy atom. The van der Waals surface area contributed by atoms with Crippen LogP contribution in [0, 0.1) is 11.6 Å². The van der Waals surface area contributed by atoms with E-state index in [4.69, 9.17) is 4.74 Å². The van der Waals surface area contributed by atoms with Crippen molar-refractivity contribution in [1.82, 2.24) is 0 Å². The highest BCUT2D eigenvalue weighted by atomic mass is 19.2.